The smallest absolute Gasteiger partial charge is 0.246 e. The van der Waals surface area contributed by atoms with Gasteiger partial charge in [-0.15, -0.1) is 0 Å². The molecule has 2 aliphatic rings. The van der Waals surface area contributed by atoms with Crippen molar-refractivity contribution in [2.24, 2.45) is 0 Å². The van der Waals surface area contributed by atoms with Crippen molar-refractivity contribution in [3.63, 3.8) is 0 Å². The topological polar surface area (TPSA) is 79.6 Å². The highest BCUT2D eigenvalue weighted by atomic mass is 16.2. The van der Waals surface area contributed by atoms with E-state index in [0.717, 1.165) is 56.2 Å². The largest absolute Gasteiger partial charge is 0.365 e. The average Bonchev–Trinajstić information content (AvgIpc) is 2.95. The van der Waals surface area contributed by atoms with E-state index in [1.54, 1.807) is 4.90 Å². The lowest BCUT2D eigenvalue weighted by atomic mass is 10.0. The normalized spacial score (nSPS) is 17.3. The standard InChI is InChI=1S/C31H37N7O/c1-4-30(39)38-20-19-37(21-24(38)14-16-32)31-26-15-18-36(28-12-7-10-23-9-5-6-11-25(23)28)22-27(26)33-29(34-31)13-8-17-35(2)3/h4-7,9-12,24H,1,8,13-15,17-22H2,2-3H3/t24-/m0/s1. The monoisotopic (exact) mass is 523 g/mol. The SMILES string of the molecule is C=CC(=O)N1CCN(c2nc(CCCN(C)C)nc3c2CCN(c2cccc4ccccc24)C3)C[C@@H]1CC#N. The van der Waals surface area contributed by atoms with E-state index < -0.39 is 0 Å². The molecule has 1 amide bonds. The van der Waals surface area contributed by atoms with E-state index >= 15 is 0 Å². The summed E-state index contributed by atoms with van der Waals surface area (Å²) >= 11 is 0. The maximum Gasteiger partial charge on any atom is 0.246 e. The highest BCUT2D eigenvalue weighted by molar-refractivity contribution is 5.94. The minimum atomic E-state index is -0.187. The number of aromatic nitrogens is 2. The lowest BCUT2D eigenvalue weighted by Crippen LogP contribution is -2.55. The van der Waals surface area contributed by atoms with Crippen molar-refractivity contribution < 1.29 is 4.79 Å². The number of nitrogens with zero attached hydrogens (tertiary/aromatic N) is 7. The van der Waals surface area contributed by atoms with Crippen molar-refractivity contribution >= 4 is 28.2 Å². The summed E-state index contributed by atoms with van der Waals surface area (Å²) in [5.74, 6) is 1.73. The van der Waals surface area contributed by atoms with Gasteiger partial charge in [0.2, 0.25) is 5.91 Å². The molecule has 0 saturated carbocycles. The van der Waals surface area contributed by atoms with Crippen molar-refractivity contribution in [3.8, 4) is 6.07 Å². The Kier molecular flexibility index (Phi) is 8.08. The Morgan fingerprint density at radius 2 is 1.95 bits per heavy atom. The molecule has 1 fully saturated rings. The molecule has 1 atom stereocenters. The molecule has 0 aliphatic carbocycles. The van der Waals surface area contributed by atoms with Crippen LogP contribution in [0.15, 0.2) is 55.1 Å². The van der Waals surface area contributed by atoms with Gasteiger partial charge in [0.15, 0.2) is 0 Å². The number of carbonyl (C=O) groups is 1. The molecule has 1 saturated heterocycles. The number of amides is 1. The van der Waals surface area contributed by atoms with Gasteiger partial charge < -0.3 is 19.6 Å². The molecule has 0 radical (unpaired) electrons. The second kappa shape index (κ2) is 11.8. The van der Waals surface area contributed by atoms with Crippen molar-refractivity contribution in [2.75, 3.05) is 56.6 Å². The molecule has 39 heavy (non-hydrogen) atoms. The van der Waals surface area contributed by atoms with Gasteiger partial charge in [-0.25, -0.2) is 9.97 Å². The Bertz CT molecular complexity index is 1390. The van der Waals surface area contributed by atoms with Crippen molar-refractivity contribution in [1.29, 1.82) is 5.26 Å². The second-order valence-corrected chi connectivity index (χ2v) is 10.7. The summed E-state index contributed by atoms with van der Waals surface area (Å²) in [4.78, 5) is 31.4. The number of benzene rings is 2. The van der Waals surface area contributed by atoms with Gasteiger partial charge >= 0.3 is 0 Å². The molecule has 3 heterocycles. The van der Waals surface area contributed by atoms with E-state index in [2.05, 4.69) is 83.9 Å². The van der Waals surface area contributed by atoms with Crippen LogP contribution in [0.4, 0.5) is 11.5 Å². The number of aryl methyl sites for hydroxylation is 1. The minimum absolute atomic E-state index is 0.116. The van der Waals surface area contributed by atoms with Gasteiger partial charge in [-0.1, -0.05) is 43.0 Å². The Hall–Kier alpha value is -3.96. The first-order chi connectivity index (χ1) is 19.0. The molecule has 0 spiro atoms. The molecule has 8 nitrogen and oxygen atoms in total. The summed E-state index contributed by atoms with van der Waals surface area (Å²) in [6, 6.07) is 17.1. The quantitative estimate of drug-likeness (QED) is 0.416. The number of carbonyl (C=O) groups excluding carboxylic acids is 1. The van der Waals surface area contributed by atoms with Crippen LogP contribution in [0.2, 0.25) is 0 Å². The van der Waals surface area contributed by atoms with Gasteiger partial charge in [0, 0.05) is 49.2 Å². The molecule has 2 aliphatic heterocycles. The maximum absolute atomic E-state index is 12.5. The zero-order valence-corrected chi connectivity index (χ0v) is 23.0. The Balaban J connectivity index is 1.48. The molecular weight excluding hydrogens is 486 g/mol. The number of hydrogen-bond acceptors (Lipinski definition) is 7. The molecule has 2 aromatic carbocycles. The maximum atomic E-state index is 12.5. The van der Waals surface area contributed by atoms with E-state index in [1.807, 2.05) is 0 Å². The molecule has 0 bridgehead atoms. The number of rotatable bonds is 8. The first kappa shape index (κ1) is 26.6. The van der Waals surface area contributed by atoms with Crippen molar-refractivity contribution in [1.82, 2.24) is 19.8 Å². The number of piperazine rings is 1. The highest BCUT2D eigenvalue weighted by Crippen LogP contribution is 2.34. The Labute approximate surface area is 231 Å². The van der Waals surface area contributed by atoms with Crippen molar-refractivity contribution in [2.45, 2.75) is 38.3 Å². The van der Waals surface area contributed by atoms with E-state index in [9.17, 15) is 10.1 Å². The van der Waals surface area contributed by atoms with E-state index in [-0.39, 0.29) is 18.4 Å². The molecule has 0 N–H and O–H groups in total. The molecule has 0 unspecified atom stereocenters. The van der Waals surface area contributed by atoms with Gasteiger partial charge in [0.25, 0.3) is 0 Å². The summed E-state index contributed by atoms with van der Waals surface area (Å²) < 4.78 is 0. The highest BCUT2D eigenvalue weighted by Gasteiger charge is 2.33. The number of fused-ring (bicyclic) bond motifs is 2. The fraction of sp³-hybridized carbons (Fsp3) is 0.419. The molecular formula is C31H37N7O. The molecule has 5 rings (SSSR count). The average molecular weight is 524 g/mol. The van der Waals surface area contributed by atoms with E-state index in [4.69, 9.17) is 9.97 Å². The third kappa shape index (κ3) is 5.74. The molecule has 3 aromatic rings. The first-order valence-electron chi connectivity index (χ1n) is 13.8. The van der Waals surface area contributed by atoms with Crippen molar-refractivity contribution in [3.05, 3.63) is 72.2 Å². The number of hydrogen-bond donors (Lipinski definition) is 0. The van der Waals surface area contributed by atoms with Crippen LogP contribution in [0.25, 0.3) is 10.8 Å². The van der Waals surface area contributed by atoms with E-state index in [0.29, 0.717) is 19.6 Å². The zero-order valence-electron chi connectivity index (χ0n) is 23.0. The Morgan fingerprint density at radius 3 is 2.74 bits per heavy atom. The van der Waals surface area contributed by atoms with Gasteiger partial charge in [0.1, 0.15) is 11.6 Å². The fourth-order valence-electron chi connectivity index (χ4n) is 5.81. The van der Waals surface area contributed by atoms with Crippen LogP contribution in [0.3, 0.4) is 0 Å². The first-order valence-corrected chi connectivity index (χ1v) is 13.8. The Morgan fingerprint density at radius 1 is 1.13 bits per heavy atom. The molecule has 8 heteroatoms. The van der Waals surface area contributed by atoms with Gasteiger partial charge in [-0.2, -0.15) is 5.26 Å². The third-order valence-electron chi connectivity index (χ3n) is 7.77. The van der Waals surface area contributed by atoms with Gasteiger partial charge in [0.05, 0.1) is 30.8 Å². The van der Waals surface area contributed by atoms with Crippen LogP contribution in [-0.2, 0) is 24.2 Å². The summed E-state index contributed by atoms with van der Waals surface area (Å²) in [5, 5.41) is 12.0. The summed E-state index contributed by atoms with van der Waals surface area (Å²) in [7, 11) is 4.17. The predicted molar refractivity (Wildman–Crippen MR) is 156 cm³/mol. The number of anilines is 2. The van der Waals surface area contributed by atoms with Crippen LogP contribution in [0, 0.1) is 11.3 Å². The zero-order chi connectivity index (χ0) is 27.4. The fourth-order valence-corrected chi connectivity index (χ4v) is 5.81. The van der Waals surface area contributed by atoms with E-state index in [1.165, 1.54) is 28.1 Å². The van der Waals surface area contributed by atoms with Crippen LogP contribution in [0.5, 0.6) is 0 Å². The van der Waals surface area contributed by atoms with Gasteiger partial charge in [-0.05, 0) is 51.0 Å². The van der Waals surface area contributed by atoms with Gasteiger partial charge in [-0.3, -0.25) is 4.79 Å². The van der Waals surface area contributed by atoms with Crippen LogP contribution >= 0.6 is 0 Å². The minimum Gasteiger partial charge on any atom is -0.365 e. The third-order valence-corrected chi connectivity index (χ3v) is 7.77. The lowest BCUT2D eigenvalue weighted by molar-refractivity contribution is -0.128. The summed E-state index contributed by atoms with van der Waals surface area (Å²) in [6.07, 6.45) is 4.27. The van der Waals surface area contributed by atoms with Crippen LogP contribution in [-0.4, -0.2) is 78.5 Å². The lowest BCUT2D eigenvalue weighted by Gasteiger charge is -2.42. The molecule has 202 valence electrons. The number of nitriles is 1. The van der Waals surface area contributed by atoms with Crippen LogP contribution in [0.1, 0.15) is 29.9 Å². The second-order valence-electron chi connectivity index (χ2n) is 10.7. The summed E-state index contributed by atoms with van der Waals surface area (Å²) in [6.45, 7) is 8.05. The molecule has 1 aromatic heterocycles. The van der Waals surface area contributed by atoms with Crippen LogP contribution < -0.4 is 9.80 Å². The predicted octanol–water partition coefficient (Wildman–Crippen LogP) is 3.80. The summed E-state index contributed by atoms with van der Waals surface area (Å²) in [5.41, 5.74) is 3.52.